The van der Waals surface area contributed by atoms with Gasteiger partial charge in [-0.1, -0.05) is 0 Å². The molecule has 1 aliphatic heterocycles. The number of anilines is 1. The van der Waals surface area contributed by atoms with E-state index in [1.807, 2.05) is 29.2 Å². The normalized spacial score (nSPS) is 13.7. The molecular formula is C27H31FN4O4. The number of hydrogen-bond donors (Lipinski definition) is 0. The number of nitrogens with zero attached hydrogens (tertiary/aromatic N) is 4. The maximum atomic E-state index is 13.4. The van der Waals surface area contributed by atoms with Crippen LogP contribution in [-0.2, 0) is 16.1 Å². The van der Waals surface area contributed by atoms with E-state index in [9.17, 15) is 14.0 Å². The molecule has 0 spiro atoms. The van der Waals surface area contributed by atoms with Gasteiger partial charge in [0.1, 0.15) is 17.4 Å². The third kappa shape index (κ3) is 5.73. The molecule has 0 bridgehead atoms. The SMILES string of the molecule is COCCN(Cc1cc2ccc(OC)cc2nc1N1CCN(C(C)=O)CC1)C(=O)c1ccc(F)cc1. The van der Waals surface area contributed by atoms with Crippen LogP contribution < -0.4 is 9.64 Å². The van der Waals surface area contributed by atoms with E-state index in [-0.39, 0.29) is 11.8 Å². The number of fused-ring (bicyclic) bond motifs is 1. The summed E-state index contributed by atoms with van der Waals surface area (Å²) in [7, 11) is 3.21. The molecular weight excluding hydrogens is 463 g/mol. The number of carbonyl (C=O) groups excluding carboxylic acids is 2. The molecule has 1 aliphatic rings. The number of methoxy groups -OCH3 is 2. The summed E-state index contributed by atoms with van der Waals surface area (Å²) in [4.78, 5) is 35.9. The summed E-state index contributed by atoms with van der Waals surface area (Å²) >= 11 is 0. The van der Waals surface area contributed by atoms with Crippen molar-refractivity contribution in [2.24, 2.45) is 0 Å². The van der Waals surface area contributed by atoms with E-state index >= 15 is 0 Å². The van der Waals surface area contributed by atoms with Crippen LogP contribution in [0.2, 0.25) is 0 Å². The summed E-state index contributed by atoms with van der Waals surface area (Å²) in [5.41, 5.74) is 2.08. The molecule has 190 valence electrons. The molecule has 0 atom stereocenters. The molecule has 9 heteroatoms. The number of pyridine rings is 1. The highest BCUT2D eigenvalue weighted by Gasteiger charge is 2.25. The second kappa shape index (κ2) is 11.3. The minimum atomic E-state index is -0.392. The summed E-state index contributed by atoms with van der Waals surface area (Å²) in [6, 6.07) is 13.3. The third-order valence-electron chi connectivity index (χ3n) is 6.41. The van der Waals surface area contributed by atoms with Gasteiger partial charge in [0, 0.05) is 75.9 Å². The topological polar surface area (TPSA) is 75.2 Å². The van der Waals surface area contributed by atoms with Crippen LogP contribution in [0.1, 0.15) is 22.8 Å². The molecule has 1 saturated heterocycles. The number of carbonyl (C=O) groups is 2. The van der Waals surface area contributed by atoms with Crippen LogP contribution in [0.5, 0.6) is 5.75 Å². The monoisotopic (exact) mass is 494 g/mol. The van der Waals surface area contributed by atoms with Crippen LogP contribution in [0.4, 0.5) is 10.2 Å². The number of hydrogen-bond acceptors (Lipinski definition) is 6. The summed E-state index contributed by atoms with van der Waals surface area (Å²) < 4.78 is 24.1. The predicted molar refractivity (Wildman–Crippen MR) is 136 cm³/mol. The molecule has 2 aromatic carbocycles. The van der Waals surface area contributed by atoms with Crippen molar-refractivity contribution in [1.29, 1.82) is 0 Å². The molecule has 0 radical (unpaired) electrons. The maximum Gasteiger partial charge on any atom is 0.254 e. The molecule has 36 heavy (non-hydrogen) atoms. The number of ether oxygens (including phenoxy) is 2. The number of rotatable bonds is 8. The zero-order valence-corrected chi connectivity index (χ0v) is 20.9. The number of amides is 2. The Bertz CT molecular complexity index is 1230. The molecule has 8 nitrogen and oxygen atoms in total. The van der Waals surface area contributed by atoms with Crippen molar-refractivity contribution < 1.29 is 23.5 Å². The van der Waals surface area contributed by atoms with Gasteiger partial charge in [0.05, 0.1) is 19.2 Å². The molecule has 4 rings (SSSR count). The fraction of sp³-hybridized carbons (Fsp3) is 0.370. The first-order valence-electron chi connectivity index (χ1n) is 11.9. The molecule has 2 amide bonds. The number of halogens is 1. The van der Waals surface area contributed by atoms with Gasteiger partial charge in [-0.25, -0.2) is 9.37 Å². The molecule has 0 aliphatic carbocycles. The summed E-state index contributed by atoms with van der Waals surface area (Å²) in [5.74, 6) is 0.934. The summed E-state index contributed by atoms with van der Waals surface area (Å²) in [6.45, 7) is 5.09. The van der Waals surface area contributed by atoms with E-state index in [0.29, 0.717) is 57.2 Å². The lowest BCUT2D eigenvalue weighted by atomic mass is 10.1. The zero-order chi connectivity index (χ0) is 25.7. The van der Waals surface area contributed by atoms with Crippen LogP contribution >= 0.6 is 0 Å². The Morgan fingerprint density at radius 1 is 1.03 bits per heavy atom. The van der Waals surface area contributed by atoms with Crippen LogP contribution in [0.25, 0.3) is 10.9 Å². The lowest BCUT2D eigenvalue weighted by molar-refractivity contribution is -0.129. The van der Waals surface area contributed by atoms with Crippen molar-refractivity contribution in [2.45, 2.75) is 13.5 Å². The van der Waals surface area contributed by atoms with Crippen LogP contribution in [0.3, 0.4) is 0 Å². The number of aromatic nitrogens is 1. The van der Waals surface area contributed by atoms with Crippen LogP contribution in [0, 0.1) is 5.82 Å². The molecule has 3 aromatic rings. The Balaban J connectivity index is 1.71. The Hall–Kier alpha value is -3.72. The van der Waals surface area contributed by atoms with Crippen molar-refractivity contribution in [3.05, 3.63) is 65.5 Å². The number of benzene rings is 2. The van der Waals surface area contributed by atoms with Crippen LogP contribution in [0.15, 0.2) is 48.5 Å². The molecule has 0 N–H and O–H groups in total. The van der Waals surface area contributed by atoms with Gasteiger partial charge in [-0.2, -0.15) is 0 Å². The Labute approximate surface area is 210 Å². The highest BCUT2D eigenvalue weighted by Crippen LogP contribution is 2.29. The van der Waals surface area contributed by atoms with Gasteiger partial charge >= 0.3 is 0 Å². The van der Waals surface area contributed by atoms with Crippen molar-refractivity contribution in [3.63, 3.8) is 0 Å². The van der Waals surface area contributed by atoms with E-state index in [1.165, 1.54) is 24.3 Å². The van der Waals surface area contributed by atoms with Gasteiger partial charge in [0.15, 0.2) is 0 Å². The van der Waals surface area contributed by atoms with Gasteiger partial charge in [-0.05, 0) is 42.5 Å². The molecule has 1 fully saturated rings. The standard InChI is InChI=1S/C27H31FN4O4/c1-19(33)30-10-12-31(13-11-30)26-22(16-21-6-9-24(36-3)17-25(21)29-26)18-32(14-15-35-2)27(34)20-4-7-23(28)8-5-20/h4-9,16-17H,10-15,18H2,1-3H3. The van der Waals surface area contributed by atoms with Gasteiger partial charge in [0.25, 0.3) is 5.91 Å². The van der Waals surface area contributed by atoms with E-state index in [2.05, 4.69) is 4.90 Å². The van der Waals surface area contributed by atoms with E-state index < -0.39 is 5.82 Å². The highest BCUT2D eigenvalue weighted by molar-refractivity contribution is 5.94. The van der Waals surface area contributed by atoms with E-state index in [1.54, 1.807) is 26.0 Å². The number of piperazine rings is 1. The first-order valence-corrected chi connectivity index (χ1v) is 11.9. The molecule has 2 heterocycles. The lowest BCUT2D eigenvalue weighted by Crippen LogP contribution is -2.48. The molecule has 0 unspecified atom stereocenters. The highest BCUT2D eigenvalue weighted by atomic mass is 19.1. The Morgan fingerprint density at radius 2 is 1.75 bits per heavy atom. The quantitative estimate of drug-likeness (QED) is 0.478. The minimum absolute atomic E-state index is 0.0571. The Kier molecular flexibility index (Phi) is 8.00. The van der Waals surface area contributed by atoms with Crippen molar-refractivity contribution in [1.82, 2.24) is 14.8 Å². The van der Waals surface area contributed by atoms with Gasteiger partial charge in [-0.3, -0.25) is 9.59 Å². The lowest BCUT2D eigenvalue weighted by Gasteiger charge is -2.36. The molecule has 1 aromatic heterocycles. The van der Waals surface area contributed by atoms with E-state index in [4.69, 9.17) is 14.5 Å². The maximum absolute atomic E-state index is 13.4. The van der Waals surface area contributed by atoms with Gasteiger partial charge in [-0.15, -0.1) is 0 Å². The largest absolute Gasteiger partial charge is 0.497 e. The van der Waals surface area contributed by atoms with Crippen LogP contribution in [-0.4, -0.2) is 80.1 Å². The average molecular weight is 495 g/mol. The van der Waals surface area contributed by atoms with Crippen molar-refractivity contribution >= 4 is 28.5 Å². The fourth-order valence-corrected chi connectivity index (χ4v) is 4.37. The average Bonchev–Trinajstić information content (AvgIpc) is 2.90. The first kappa shape index (κ1) is 25.4. The fourth-order valence-electron chi connectivity index (χ4n) is 4.37. The van der Waals surface area contributed by atoms with Crippen molar-refractivity contribution in [3.8, 4) is 5.75 Å². The predicted octanol–water partition coefficient (Wildman–Crippen LogP) is 3.34. The van der Waals surface area contributed by atoms with Gasteiger partial charge in [0.2, 0.25) is 5.91 Å². The third-order valence-corrected chi connectivity index (χ3v) is 6.41. The van der Waals surface area contributed by atoms with Gasteiger partial charge < -0.3 is 24.2 Å². The summed E-state index contributed by atoms with van der Waals surface area (Å²) in [5, 5.41) is 0.929. The van der Waals surface area contributed by atoms with E-state index in [0.717, 1.165) is 22.3 Å². The smallest absolute Gasteiger partial charge is 0.254 e. The zero-order valence-electron chi connectivity index (χ0n) is 20.9. The minimum Gasteiger partial charge on any atom is -0.497 e. The first-order chi connectivity index (χ1) is 17.4. The van der Waals surface area contributed by atoms with Crippen molar-refractivity contribution in [2.75, 3.05) is 58.5 Å². The summed E-state index contributed by atoms with van der Waals surface area (Å²) in [6.07, 6.45) is 0. The molecule has 0 saturated carbocycles. The Morgan fingerprint density at radius 3 is 2.39 bits per heavy atom. The second-order valence-corrected chi connectivity index (χ2v) is 8.75. The second-order valence-electron chi connectivity index (χ2n) is 8.75.